The molecule has 1 N–H and O–H groups in total. The minimum absolute atomic E-state index is 0.111. The van der Waals surface area contributed by atoms with E-state index in [0.29, 0.717) is 36.0 Å². The Hall–Kier alpha value is -3.87. The molecule has 2 aromatic carbocycles. The number of nitriles is 1. The lowest BCUT2D eigenvalue weighted by atomic mass is 10.1. The molecular formula is C27H26F3N3O4. The van der Waals surface area contributed by atoms with Gasteiger partial charge in [-0.15, -0.1) is 0 Å². The van der Waals surface area contributed by atoms with Gasteiger partial charge in [0.15, 0.2) is 11.6 Å². The molecule has 194 valence electrons. The molecule has 2 amide bonds. The van der Waals surface area contributed by atoms with E-state index in [0.717, 1.165) is 18.9 Å². The zero-order chi connectivity index (χ0) is 26.5. The van der Waals surface area contributed by atoms with Crippen LogP contribution in [0.5, 0.6) is 0 Å². The summed E-state index contributed by atoms with van der Waals surface area (Å²) in [6.45, 7) is -0.483. The maximum absolute atomic E-state index is 14.2. The van der Waals surface area contributed by atoms with Crippen LogP contribution in [0, 0.1) is 34.7 Å². The number of amides is 2. The Morgan fingerprint density at radius 1 is 1.14 bits per heavy atom. The van der Waals surface area contributed by atoms with Gasteiger partial charge in [0.05, 0.1) is 11.6 Å². The molecule has 0 unspecified atom stereocenters. The molecule has 2 atom stereocenters. The van der Waals surface area contributed by atoms with Crippen LogP contribution in [-0.4, -0.2) is 34.8 Å². The molecule has 0 bridgehead atoms. The van der Waals surface area contributed by atoms with Crippen LogP contribution in [-0.2, 0) is 32.3 Å². The van der Waals surface area contributed by atoms with E-state index in [1.54, 1.807) is 24.3 Å². The smallest absolute Gasteiger partial charge is 0.328 e. The predicted octanol–water partition coefficient (Wildman–Crippen LogP) is 3.88. The second-order valence-corrected chi connectivity index (χ2v) is 9.45. The van der Waals surface area contributed by atoms with Crippen LogP contribution in [0.1, 0.15) is 55.2 Å². The van der Waals surface area contributed by atoms with Crippen molar-refractivity contribution < 1.29 is 32.3 Å². The van der Waals surface area contributed by atoms with E-state index in [-0.39, 0.29) is 37.5 Å². The van der Waals surface area contributed by atoms with Crippen molar-refractivity contribution in [2.24, 2.45) is 5.92 Å². The largest absolute Gasteiger partial charge is 0.459 e. The fraction of sp³-hybridized carbons (Fsp3) is 0.407. The van der Waals surface area contributed by atoms with Gasteiger partial charge in [0.1, 0.15) is 18.5 Å². The highest BCUT2D eigenvalue weighted by Crippen LogP contribution is 2.34. The molecule has 37 heavy (non-hydrogen) atoms. The second kappa shape index (κ2) is 11.5. The van der Waals surface area contributed by atoms with Crippen molar-refractivity contribution in [3.63, 3.8) is 0 Å². The second-order valence-electron chi connectivity index (χ2n) is 9.45. The van der Waals surface area contributed by atoms with Gasteiger partial charge in [-0.2, -0.15) is 5.26 Å². The van der Waals surface area contributed by atoms with Gasteiger partial charge in [-0.25, -0.2) is 18.0 Å². The number of ether oxygens (including phenoxy) is 1. The van der Waals surface area contributed by atoms with E-state index in [2.05, 4.69) is 5.32 Å². The lowest BCUT2D eigenvalue weighted by Crippen LogP contribution is -2.44. The molecule has 2 aromatic rings. The molecule has 10 heteroatoms. The summed E-state index contributed by atoms with van der Waals surface area (Å²) in [6, 6.07) is 8.51. The normalized spacial score (nSPS) is 17.8. The molecule has 7 nitrogen and oxygen atoms in total. The van der Waals surface area contributed by atoms with Gasteiger partial charge in [0.2, 0.25) is 11.8 Å². The van der Waals surface area contributed by atoms with Crippen molar-refractivity contribution in [2.45, 2.75) is 63.8 Å². The van der Waals surface area contributed by atoms with Crippen molar-refractivity contribution in [3.8, 4) is 6.07 Å². The fourth-order valence-electron chi connectivity index (χ4n) is 4.50. The van der Waals surface area contributed by atoms with Crippen molar-refractivity contribution in [2.75, 3.05) is 0 Å². The monoisotopic (exact) mass is 513 g/mol. The minimum Gasteiger partial charge on any atom is -0.459 e. The number of likely N-dealkylation sites (tertiary alicyclic amines) is 1. The van der Waals surface area contributed by atoms with Gasteiger partial charge in [-0.05, 0) is 30.9 Å². The Morgan fingerprint density at radius 3 is 2.62 bits per heavy atom. The number of esters is 1. The first-order chi connectivity index (χ1) is 17.7. The molecule has 1 aliphatic heterocycles. The van der Waals surface area contributed by atoms with E-state index in [4.69, 9.17) is 4.74 Å². The zero-order valence-corrected chi connectivity index (χ0v) is 20.0. The van der Waals surface area contributed by atoms with E-state index in [1.165, 1.54) is 4.90 Å². The molecule has 1 heterocycles. The maximum Gasteiger partial charge on any atom is 0.328 e. The molecule has 4 rings (SSSR count). The summed E-state index contributed by atoms with van der Waals surface area (Å²) in [7, 11) is 0. The highest BCUT2D eigenvalue weighted by Gasteiger charge is 2.36. The third kappa shape index (κ3) is 6.67. The molecule has 0 radical (unpaired) electrons. The predicted molar refractivity (Wildman–Crippen MR) is 125 cm³/mol. The van der Waals surface area contributed by atoms with Crippen molar-refractivity contribution in [3.05, 3.63) is 70.5 Å². The fourth-order valence-corrected chi connectivity index (χ4v) is 4.50. The van der Waals surface area contributed by atoms with Crippen LogP contribution in [0.2, 0.25) is 0 Å². The first-order valence-electron chi connectivity index (χ1n) is 12.1. The number of nitrogens with one attached hydrogen (secondary N) is 1. The average Bonchev–Trinajstić information content (AvgIpc) is 3.63. The summed E-state index contributed by atoms with van der Waals surface area (Å²) in [6.07, 6.45) is 2.56. The Labute approximate surface area is 212 Å². The Balaban J connectivity index is 1.38. The Bertz CT molecular complexity index is 1240. The van der Waals surface area contributed by atoms with Crippen LogP contribution in [0.3, 0.4) is 0 Å². The standard InChI is InChI=1S/C27H26F3N3O4/c28-20-10-19(26(30)22(29)11-20)14-33-21(7-8-25(33)35)12-24(34)32-23(9-16-5-6-16)27(36)37-15-18-4-2-1-3-17(18)13-31/h1-4,10-11,16,21,23H,5-9,12,14-15H2,(H,32,34)/t21-,23-/m0/s1. The lowest BCUT2D eigenvalue weighted by molar-refractivity contribution is -0.149. The number of hydrogen-bond acceptors (Lipinski definition) is 5. The van der Waals surface area contributed by atoms with Crippen molar-refractivity contribution >= 4 is 17.8 Å². The van der Waals surface area contributed by atoms with E-state index >= 15 is 0 Å². The highest BCUT2D eigenvalue weighted by molar-refractivity contribution is 5.86. The number of benzene rings is 2. The zero-order valence-electron chi connectivity index (χ0n) is 20.0. The molecule has 2 fully saturated rings. The SMILES string of the molecule is N#Cc1ccccc1COC(=O)[C@H](CC1CC1)NC(=O)C[C@@H]1CCC(=O)N1Cc1cc(F)cc(F)c1F. The van der Waals surface area contributed by atoms with Gasteiger partial charge < -0.3 is 15.0 Å². The number of halogens is 3. The summed E-state index contributed by atoms with van der Waals surface area (Å²) >= 11 is 0. The third-order valence-corrected chi connectivity index (χ3v) is 6.68. The molecular weight excluding hydrogens is 487 g/mol. The summed E-state index contributed by atoms with van der Waals surface area (Å²) in [5.74, 6) is -4.73. The number of nitrogens with zero attached hydrogens (tertiary/aromatic N) is 2. The summed E-state index contributed by atoms with van der Waals surface area (Å²) in [5, 5.41) is 11.9. The number of carbonyl (C=O) groups is 3. The molecule has 1 aliphatic carbocycles. The topological polar surface area (TPSA) is 99.5 Å². The number of rotatable bonds is 10. The quantitative estimate of drug-likeness (QED) is 0.384. The van der Waals surface area contributed by atoms with Gasteiger partial charge in [-0.3, -0.25) is 9.59 Å². The summed E-state index contributed by atoms with van der Waals surface area (Å²) < 4.78 is 46.8. The third-order valence-electron chi connectivity index (χ3n) is 6.68. The van der Waals surface area contributed by atoms with Crippen molar-refractivity contribution in [1.29, 1.82) is 5.26 Å². The van der Waals surface area contributed by atoms with E-state index < -0.39 is 41.4 Å². The van der Waals surface area contributed by atoms with Crippen molar-refractivity contribution in [1.82, 2.24) is 10.2 Å². The van der Waals surface area contributed by atoms with E-state index in [9.17, 15) is 32.8 Å². The van der Waals surface area contributed by atoms with Crippen LogP contribution >= 0.6 is 0 Å². The summed E-state index contributed by atoms with van der Waals surface area (Å²) in [5.41, 5.74) is 0.626. The molecule has 1 saturated carbocycles. The molecule has 0 spiro atoms. The highest BCUT2D eigenvalue weighted by atomic mass is 19.2. The van der Waals surface area contributed by atoms with Crippen LogP contribution < -0.4 is 5.32 Å². The minimum atomic E-state index is -1.35. The molecule has 2 aliphatic rings. The Kier molecular flexibility index (Phi) is 8.11. The number of carbonyl (C=O) groups excluding carboxylic acids is 3. The van der Waals surface area contributed by atoms with Crippen LogP contribution in [0.15, 0.2) is 36.4 Å². The molecule has 0 aromatic heterocycles. The first-order valence-corrected chi connectivity index (χ1v) is 12.1. The van der Waals surface area contributed by atoms with Gasteiger partial charge in [-0.1, -0.05) is 31.0 Å². The first kappa shape index (κ1) is 26.2. The lowest BCUT2D eigenvalue weighted by Gasteiger charge is -2.26. The Morgan fingerprint density at radius 2 is 1.89 bits per heavy atom. The maximum atomic E-state index is 14.2. The molecule has 1 saturated heterocycles. The average molecular weight is 514 g/mol. The van der Waals surface area contributed by atoms with E-state index in [1.807, 2.05) is 6.07 Å². The summed E-state index contributed by atoms with van der Waals surface area (Å²) in [4.78, 5) is 39.3. The number of hydrogen-bond donors (Lipinski definition) is 1. The van der Waals surface area contributed by atoms with Gasteiger partial charge in [0.25, 0.3) is 0 Å². The van der Waals surface area contributed by atoms with Gasteiger partial charge >= 0.3 is 5.97 Å². The van der Waals surface area contributed by atoms with Crippen LogP contribution in [0.4, 0.5) is 13.2 Å². The van der Waals surface area contributed by atoms with Gasteiger partial charge in [0, 0.05) is 42.6 Å². The van der Waals surface area contributed by atoms with Crippen LogP contribution in [0.25, 0.3) is 0 Å².